The van der Waals surface area contributed by atoms with Gasteiger partial charge in [0.05, 0.1) is 22.7 Å². The third-order valence-electron chi connectivity index (χ3n) is 5.61. The number of hydrogen-bond acceptors (Lipinski definition) is 8. The Morgan fingerprint density at radius 3 is 2.71 bits per heavy atom. The number of hydrogen-bond donors (Lipinski definition) is 1. The lowest BCUT2D eigenvalue weighted by Crippen LogP contribution is -2.30. The monoisotopic (exact) mass is 479 g/mol. The number of aromatic nitrogens is 3. The zero-order valence-electron chi connectivity index (χ0n) is 19.4. The highest BCUT2D eigenvalue weighted by Gasteiger charge is 2.38. The van der Waals surface area contributed by atoms with E-state index in [1.54, 1.807) is 32.0 Å². The first-order chi connectivity index (χ1) is 16.3. The molecule has 1 atom stereocenters. The molecular formula is C24H25N5O4S. The maximum Gasteiger partial charge on any atom is 0.338 e. The number of esters is 1. The number of carbonyl (C=O) groups excluding carboxylic acids is 1. The van der Waals surface area contributed by atoms with Gasteiger partial charge in [-0.05, 0) is 44.9 Å². The van der Waals surface area contributed by atoms with Crippen molar-refractivity contribution >= 4 is 29.4 Å². The van der Waals surface area contributed by atoms with Crippen LogP contribution in [0.2, 0.25) is 0 Å². The van der Waals surface area contributed by atoms with Gasteiger partial charge in [-0.3, -0.25) is 10.1 Å². The molecule has 1 aromatic heterocycles. The molecule has 2 heterocycles. The topological polar surface area (TPSA) is 112 Å². The van der Waals surface area contributed by atoms with Crippen molar-refractivity contribution in [3.8, 4) is 0 Å². The Hall–Kier alpha value is -3.66. The summed E-state index contributed by atoms with van der Waals surface area (Å²) in [6.07, 6.45) is 0. The molecule has 2 aromatic carbocycles. The van der Waals surface area contributed by atoms with Gasteiger partial charge in [-0.25, -0.2) is 9.48 Å². The molecule has 0 amide bonds. The molecule has 1 aliphatic heterocycles. The summed E-state index contributed by atoms with van der Waals surface area (Å²) in [6.45, 7) is 7.75. The number of fused-ring (bicyclic) bond motifs is 1. The van der Waals surface area contributed by atoms with Crippen LogP contribution >= 0.6 is 11.8 Å². The average molecular weight is 480 g/mol. The number of aryl methyl sites for hydroxylation is 2. The van der Waals surface area contributed by atoms with Gasteiger partial charge < -0.3 is 10.1 Å². The largest absolute Gasteiger partial charge is 0.463 e. The van der Waals surface area contributed by atoms with Crippen molar-refractivity contribution in [2.45, 2.75) is 44.6 Å². The van der Waals surface area contributed by atoms with Crippen molar-refractivity contribution in [2.24, 2.45) is 0 Å². The third kappa shape index (κ3) is 4.54. The summed E-state index contributed by atoms with van der Waals surface area (Å²) in [4.78, 5) is 28.8. The van der Waals surface area contributed by atoms with E-state index in [0.29, 0.717) is 28.1 Å². The molecule has 9 nitrogen and oxygen atoms in total. The number of rotatable bonds is 7. The number of nitrogens with zero attached hydrogens (tertiary/aromatic N) is 4. The molecule has 1 aliphatic rings. The van der Waals surface area contributed by atoms with Crippen LogP contribution in [0.15, 0.2) is 58.9 Å². The standard InChI is InChI=1S/C24H25N5O4S/c1-5-33-22(30)20-16(4)25-23-26-24(34-13-17-11-10-14(2)12-15(17)3)27-28(23)21(20)18-8-6-7-9-19(18)29(31)32/h6-12,21H,5,13H2,1-4H3,(H,25,26,27). The summed E-state index contributed by atoms with van der Waals surface area (Å²) in [7, 11) is 0. The van der Waals surface area contributed by atoms with Gasteiger partial charge in [0.1, 0.15) is 6.04 Å². The highest BCUT2D eigenvalue weighted by atomic mass is 32.2. The van der Waals surface area contributed by atoms with Crippen LogP contribution in [0, 0.1) is 24.0 Å². The van der Waals surface area contributed by atoms with E-state index in [1.165, 1.54) is 39.2 Å². The molecule has 0 radical (unpaired) electrons. The van der Waals surface area contributed by atoms with E-state index in [4.69, 9.17) is 4.74 Å². The van der Waals surface area contributed by atoms with Gasteiger partial charge in [0.2, 0.25) is 11.1 Å². The van der Waals surface area contributed by atoms with E-state index in [1.807, 2.05) is 0 Å². The number of nitro benzene ring substituents is 1. The Morgan fingerprint density at radius 2 is 2.00 bits per heavy atom. The lowest BCUT2D eigenvalue weighted by Gasteiger charge is -2.27. The number of nitrogens with one attached hydrogen (secondary N) is 1. The van der Waals surface area contributed by atoms with Gasteiger partial charge in [0, 0.05) is 17.5 Å². The molecule has 1 unspecified atom stereocenters. The number of anilines is 1. The fraction of sp³-hybridized carbons (Fsp3) is 0.292. The highest BCUT2D eigenvalue weighted by Crippen LogP contribution is 2.40. The molecular weight excluding hydrogens is 454 g/mol. The van der Waals surface area contributed by atoms with Gasteiger partial charge in [-0.1, -0.05) is 47.7 Å². The molecule has 0 aliphatic carbocycles. The van der Waals surface area contributed by atoms with Gasteiger partial charge in [0.15, 0.2) is 0 Å². The van der Waals surface area contributed by atoms with Crippen LogP contribution in [0.3, 0.4) is 0 Å². The fourth-order valence-electron chi connectivity index (χ4n) is 3.99. The van der Waals surface area contributed by atoms with Crippen molar-refractivity contribution in [3.05, 3.63) is 86.1 Å². The Balaban J connectivity index is 1.75. The summed E-state index contributed by atoms with van der Waals surface area (Å²) in [5, 5.41) is 20.1. The predicted octanol–water partition coefficient (Wildman–Crippen LogP) is 4.95. The second kappa shape index (κ2) is 9.68. The summed E-state index contributed by atoms with van der Waals surface area (Å²) in [6, 6.07) is 11.8. The van der Waals surface area contributed by atoms with Crippen molar-refractivity contribution in [2.75, 3.05) is 11.9 Å². The van der Waals surface area contributed by atoms with E-state index >= 15 is 0 Å². The molecule has 0 fully saturated rings. The minimum Gasteiger partial charge on any atom is -0.463 e. The molecule has 0 spiro atoms. The second-order valence-electron chi connectivity index (χ2n) is 7.98. The summed E-state index contributed by atoms with van der Waals surface area (Å²) < 4.78 is 6.81. The van der Waals surface area contributed by atoms with Crippen LogP contribution in [-0.2, 0) is 15.3 Å². The Bertz CT molecular complexity index is 1300. The summed E-state index contributed by atoms with van der Waals surface area (Å²) in [5.74, 6) is 0.529. The first-order valence-electron chi connectivity index (χ1n) is 10.8. The van der Waals surface area contributed by atoms with Crippen molar-refractivity contribution in [3.63, 3.8) is 0 Å². The Kier molecular flexibility index (Phi) is 6.69. The molecule has 34 heavy (non-hydrogen) atoms. The first kappa shape index (κ1) is 23.5. The van der Waals surface area contributed by atoms with Crippen LogP contribution < -0.4 is 5.32 Å². The highest BCUT2D eigenvalue weighted by molar-refractivity contribution is 7.98. The normalized spacial score (nSPS) is 15.0. The minimum atomic E-state index is -0.847. The van der Waals surface area contributed by atoms with Gasteiger partial charge in [-0.15, -0.1) is 5.10 Å². The van der Waals surface area contributed by atoms with E-state index in [2.05, 4.69) is 47.4 Å². The van der Waals surface area contributed by atoms with Gasteiger partial charge in [0.25, 0.3) is 5.69 Å². The number of para-hydroxylation sites is 1. The van der Waals surface area contributed by atoms with Gasteiger partial charge >= 0.3 is 5.97 Å². The lowest BCUT2D eigenvalue weighted by molar-refractivity contribution is -0.385. The van der Waals surface area contributed by atoms with Gasteiger partial charge in [-0.2, -0.15) is 4.98 Å². The number of carbonyl (C=O) groups is 1. The lowest BCUT2D eigenvalue weighted by atomic mass is 9.94. The molecule has 3 aromatic rings. The third-order valence-corrected chi connectivity index (χ3v) is 6.50. The van der Waals surface area contributed by atoms with Crippen LogP contribution in [0.1, 0.15) is 42.1 Å². The number of ether oxygens (including phenoxy) is 1. The second-order valence-corrected chi connectivity index (χ2v) is 8.93. The first-order valence-corrected chi connectivity index (χ1v) is 11.8. The molecule has 0 bridgehead atoms. The zero-order valence-corrected chi connectivity index (χ0v) is 20.2. The van der Waals surface area contributed by atoms with Crippen LogP contribution in [-0.4, -0.2) is 32.3 Å². The predicted molar refractivity (Wildman–Crippen MR) is 130 cm³/mol. The van der Waals surface area contributed by atoms with E-state index in [0.717, 1.165) is 0 Å². The van der Waals surface area contributed by atoms with Crippen LogP contribution in [0.25, 0.3) is 0 Å². The van der Waals surface area contributed by atoms with Crippen molar-refractivity contribution in [1.82, 2.24) is 14.8 Å². The van der Waals surface area contributed by atoms with Crippen molar-refractivity contribution in [1.29, 1.82) is 0 Å². The van der Waals surface area contributed by atoms with Crippen LogP contribution in [0.4, 0.5) is 11.6 Å². The summed E-state index contributed by atoms with van der Waals surface area (Å²) >= 11 is 1.46. The summed E-state index contributed by atoms with van der Waals surface area (Å²) in [5.41, 5.74) is 4.59. The smallest absolute Gasteiger partial charge is 0.338 e. The molecule has 0 saturated carbocycles. The van der Waals surface area contributed by atoms with E-state index in [9.17, 15) is 14.9 Å². The number of thioether (sulfide) groups is 1. The molecule has 1 N–H and O–H groups in total. The van der Waals surface area contributed by atoms with E-state index < -0.39 is 16.9 Å². The average Bonchev–Trinajstić information content (AvgIpc) is 3.20. The van der Waals surface area contributed by atoms with Crippen LogP contribution in [0.5, 0.6) is 0 Å². The minimum absolute atomic E-state index is 0.102. The maximum absolute atomic E-state index is 12.9. The zero-order chi connectivity index (χ0) is 24.4. The number of nitro groups is 1. The van der Waals surface area contributed by atoms with E-state index in [-0.39, 0.29) is 17.9 Å². The number of allylic oxidation sites excluding steroid dienone is 1. The Morgan fingerprint density at radius 1 is 1.24 bits per heavy atom. The molecule has 4 rings (SSSR count). The maximum atomic E-state index is 12.9. The Labute approximate surface area is 201 Å². The molecule has 176 valence electrons. The fourth-order valence-corrected chi connectivity index (χ4v) is 4.89. The van der Waals surface area contributed by atoms with Crippen molar-refractivity contribution < 1.29 is 14.5 Å². The molecule has 0 saturated heterocycles. The quantitative estimate of drug-likeness (QED) is 0.219. The molecule has 10 heteroatoms. The number of benzene rings is 2. The SMILES string of the molecule is CCOC(=O)C1=C(C)Nc2nc(SCc3ccc(C)cc3C)nn2C1c1ccccc1[N+](=O)[O-].